The lowest BCUT2D eigenvalue weighted by Crippen LogP contribution is -2.62. The van der Waals surface area contributed by atoms with Gasteiger partial charge in [0.1, 0.15) is 0 Å². The molecule has 3 nitrogen and oxygen atoms in total. The smallest absolute Gasteiger partial charge is 0.0590 e. The first-order chi connectivity index (χ1) is 7.74. The first-order valence-corrected chi connectivity index (χ1v) is 6.69. The second-order valence-corrected chi connectivity index (χ2v) is 4.94. The topological polar surface area (TPSA) is 38.5 Å². The molecule has 0 heterocycles. The summed E-state index contributed by atoms with van der Waals surface area (Å²) in [7, 11) is 1.78. The van der Waals surface area contributed by atoms with E-state index in [1.807, 2.05) is 0 Å². The SMILES string of the molecule is CCC(CC)N(CCOC)C1(CN)CCC1. The summed E-state index contributed by atoms with van der Waals surface area (Å²) in [5.74, 6) is 0. The molecule has 3 heteroatoms. The molecule has 0 atom stereocenters. The quantitative estimate of drug-likeness (QED) is 0.690. The Labute approximate surface area is 100 Å². The van der Waals surface area contributed by atoms with Crippen LogP contribution in [-0.4, -0.2) is 43.3 Å². The van der Waals surface area contributed by atoms with Crippen molar-refractivity contribution < 1.29 is 4.74 Å². The average Bonchev–Trinajstić information content (AvgIpc) is 2.25. The van der Waals surface area contributed by atoms with Crippen molar-refractivity contribution in [3.8, 4) is 0 Å². The van der Waals surface area contributed by atoms with Crippen molar-refractivity contribution in [3.05, 3.63) is 0 Å². The van der Waals surface area contributed by atoms with Crippen LogP contribution in [0.5, 0.6) is 0 Å². The minimum absolute atomic E-state index is 0.287. The molecule has 1 aliphatic rings. The summed E-state index contributed by atoms with van der Waals surface area (Å²) in [5.41, 5.74) is 6.29. The summed E-state index contributed by atoms with van der Waals surface area (Å²) in [4.78, 5) is 2.62. The standard InChI is InChI=1S/C13H28N2O/c1-4-12(5-2)15(9-10-16-3)13(11-14)7-6-8-13/h12H,4-11,14H2,1-3H3. The van der Waals surface area contributed by atoms with Crippen LogP contribution in [0.1, 0.15) is 46.0 Å². The van der Waals surface area contributed by atoms with Crippen molar-refractivity contribution in [1.29, 1.82) is 0 Å². The summed E-state index contributed by atoms with van der Waals surface area (Å²) >= 11 is 0. The van der Waals surface area contributed by atoms with Crippen LogP contribution in [0, 0.1) is 0 Å². The summed E-state index contributed by atoms with van der Waals surface area (Å²) in [6.07, 6.45) is 6.29. The van der Waals surface area contributed by atoms with E-state index in [0.717, 1.165) is 19.7 Å². The van der Waals surface area contributed by atoms with Gasteiger partial charge in [-0.05, 0) is 32.1 Å². The molecule has 0 aromatic carbocycles. The molecule has 0 saturated heterocycles. The molecule has 16 heavy (non-hydrogen) atoms. The van der Waals surface area contributed by atoms with E-state index in [1.165, 1.54) is 32.1 Å². The highest BCUT2D eigenvalue weighted by atomic mass is 16.5. The Morgan fingerprint density at radius 2 is 1.94 bits per heavy atom. The largest absolute Gasteiger partial charge is 0.383 e. The minimum Gasteiger partial charge on any atom is -0.383 e. The zero-order chi connectivity index (χ0) is 12.0. The Morgan fingerprint density at radius 3 is 2.25 bits per heavy atom. The number of nitrogens with zero attached hydrogens (tertiary/aromatic N) is 1. The molecule has 96 valence electrons. The van der Waals surface area contributed by atoms with Gasteiger partial charge < -0.3 is 10.5 Å². The third-order valence-electron chi connectivity index (χ3n) is 4.19. The molecule has 0 aliphatic heterocycles. The van der Waals surface area contributed by atoms with E-state index in [1.54, 1.807) is 7.11 Å². The molecule has 1 rings (SSSR count). The normalized spacial score (nSPS) is 19.1. The third kappa shape index (κ3) is 2.76. The lowest BCUT2D eigenvalue weighted by molar-refractivity contribution is -0.0279. The molecule has 1 aliphatic carbocycles. The second-order valence-electron chi connectivity index (χ2n) is 4.94. The van der Waals surface area contributed by atoms with E-state index in [9.17, 15) is 0 Å². The van der Waals surface area contributed by atoms with Gasteiger partial charge in [0, 0.05) is 31.8 Å². The van der Waals surface area contributed by atoms with Crippen molar-refractivity contribution in [2.45, 2.75) is 57.5 Å². The van der Waals surface area contributed by atoms with Crippen molar-refractivity contribution in [3.63, 3.8) is 0 Å². The molecule has 1 saturated carbocycles. The number of hydrogen-bond acceptors (Lipinski definition) is 3. The second kappa shape index (κ2) is 6.58. The lowest BCUT2D eigenvalue weighted by Gasteiger charge is -2.53. The van der Waals surface area contributed by atoms with Crippen LogP contribution in [0.4, 0.5) is 0 Å². The molecule has 0 aromatic heterocycles. The summed E-state index contributed by atoms with van der Waals surface area (Å²) in [6.45, 7) is 7.19. The fraction of sp³-hybridized carbons (Fsp3) is 1.00. The maximum Gasteiger partial charge on any atom is 0.0590 e. The van der Waals surface area contributed by atoms with Crippen LogP contribution in [-0.2, 0) is 4.74 Å². The molecule has 0 spiro atoms. The van der Waals surface area contributed by atoms with E-state index in [0.29, 0.717) is 6.04 Å². The Kier molecular flexibility index (Phi) is 5.73. The predicted molar refractivity (Wildman–Crippen MR) is 68.6 cm³/mol. The highest BCUT2D eigenvalue weighted by Gasteiger charge is 2.42. The maximum atomic E-state index is 6.01. The molecule has 0 radical (unpaired) electrons. The highest BCUT2D eigenvalue weighted by Crippen LogP contribution is 2.38. The van der Waals surface area contributed by atoms with Crippen molar-refractivity contribution in [1.82, 2.24) is 4.90 Å². The minimum atomic E-state index is 0.287. The monoisotopic (exact) mass is 228 g/mol. The van der Waals surface area contributed by atoms with E-state index >= 15 is 0 Å². The van der Waals surface area contributed by atoms with E-state index in [2.05, 4.69) is 18.7 Å². The Morgan fingerprint density at radius 1 is 1.31 bits per heavy atom. The molecule has 0 unspecified atom stereocenters. The van der Waals surface area contributed by atoms with Crippen LogP contribution in [0.15, 0.2) is 0 Å². The van der Waals surface area contributed by atoms with Crippen molar-refractivity contribution in [2.24, 2.45) is 5.73 Å². The Bertz CT molecular complexity index is 183. The maximum absolute atomic E-state index is 6.01. The summed E-state index contributed by atoms with van der Waals surface area (Å²) < 4.78 is 5.24. The van der Waals surface area contributed by atoms with Gasteiger partial charge in [-0.25, -0.2) is 0 Å². The van der Waals surface area contributed by atoms with Gasteiger partial charge >= 0.3 is 0 Å². The van der Waals surface area contributed by atoms with Gasteiger partial charge in [-0.1, -0.05) is 13.8 Å². The molecule has 2 N–H and O–H groups in total. The van der Waals surface area contributed by atoms with Gasteiger partial charge in [0.15, 0.2) is 0 Å². The van der Waals surface area contributed by atoms with Crippen LogP contribution < -0.4 is 5.73 Å². The Balaban J connectivity index is 2.68. The third-order valence-corrected chi connectivity index (χ3v) is 4.19. The summed E-state index contributed by atoms with van der Waals surface area (Å²) in [6, 6.07) is 0.666. The van der Waals surface area contributed by atoms with Gasteiger partial charge in [-0.15, -0.1) is 0 Å². The zero-order valence-corrected chi connectivity index (χ0v) is 11.2. The van der Waals surface area contributed by atoms with Gasteiger partial charge in [0.25, 0.3) is 0 Å². The zero-order valence-electron chi connectivity index (χ0n) is 11.2. The first-order valence-electron chi connectivity index (χ1n) is 6.69. The summed E-state index contributed by atoms with van der Waals surface area (Å²) in [5, 5.41) is 0. The average molecular weight is 228 g/mol. The van der Waals surface area contributed by atoms with E-state index in [-0.39, 0.29) is 5.54 Å². The van der Waals surface area contributed by atoms with Crippen LogP contribution in [0.3, 0.4) is 0 Å². The molecular formula is C13H28N2O. The van der Waals surface area contributed by atoms with Crippen LogP contribution >= 0.6 is 0 Å². The molecule has 0 aromatic rings. The number of nitrogens with two attached hydrogens (primary N) is 1. The molecule has 0 amide bonds. The van der Waals surface area contributed by atoms with Crippen molar-refractivity contribution in [2.75, 3.05) is 26.8 Å². The van der Waals surface area contributed by atoms with Crippen LogP contribution in [0.25, 0.3) is 0 Å². The highest BCUT2D eigenvalue weighted by molar-refractivity contribution is 5.00. The fourth-order valence-corrected chi connectivity index (χ4v) is 2.92. The van der Waals surface area contributed by atoms with Crippen molar-refractivity contribution >= 4 is 0 Å². The molecule has 1 fully saturated rings. The van der Waals surface area contributed by atoms with E-state index in [4.69, 9.17) is 10.5 Å². The predicted octanol–water partition coefficient (Wildman–Crippen LogP) is 2.00. The first kappa shape index (κ1) is 13.9. The van der Waals surface area contributed by atoms with E-state index < -0.39 is 0 Å². The number of rotatable bonds is 8. The lowest BCUT2D eigenvalue weighted by atomic mass is 9.74. The van der Waals surface area contributed by atoms with Gasteiger partial charge in [0.2, 0.25) is 0 Å². The molecule has 0 bridgehead atoms. The fourth-order valence-electron chi connectivity index (χ4n) is 2.92. The number of methoxy groups -OCH3 is 1. The number of ether oxygens (including phenoxy) is 1. The Hall–Kier alpha value is -0.120. The van der Waals surface area contributed by atoms with Gasteiger partial charge in [-0.2, -0.15) is 0 Å². The van der Waals surface area contributed by atoms with Gasteiger partial charge in [-0.3, -0.25) is 4.90 Å². The van der Waals surface area contributed by atoms with Gasteiger partial charge in [0.05, 0.1) is 6.61 Å². The van der Waals surface area contributed by atoms with Crippen LogP contribution in [0.2, 0.25) is 0 Å². The molecular weight excluding hydrogens is 200 g/mol. The number of hydrogen-bond donors (Lipinski definition) is 1.